The van der Waals surface area contributed by atoms with Gasteiger partial charge < -0.3 is 18.6 Å². The van der Waals surface area contributed by atoms with Gasteiger partial charge in [0.05, 0.1) is 17.6 Å². The number of amides is 1. The van der Waals surface area contributed by atoms with Crippen LogP contribution in [0.2, 0.25) is 0 Å². The van der Waals surface area contributed by atoms with Crippen molar-refractivity contribution >= 4 is 16.8 Å². The summed E-state index contributed by atoms with van der Waals surface area (Å²) in [5.74, 6) is -0.335. The van der Waals surface area contributed by atoms with E-state index in [1.54, 1.807) is 40.3 Å². The Morgan fingerprint density at radius 2 is 1.89 bits per heavy atom. The zero-order chi connectivity index (χ0) is 25.1. The minimum Gasteiger partial charge on any atom is -0.347 e. The van der Waals surface area contributed by atoms with Crippen molar-refractivity contribution in [3.05, 3.63) is 81.9 Å². The minimum absolute atomic E-state index is 0.140. The summed E-state index contributed by atoms with van der Waals surface area (Å²) in [6.07, 6.45) is 0.636. The van der Waals surface area contributed by atoms with Gasteiger partial charge in [-0.25, -0.2) is 4.98 Å². The fourth-order valence-electron chi connectivity index (χ4n) is 4.74. The van der Waals surface area contributed by atoms with Crippen molar-refractivity contribution < 1.29 is 18.0 Å². The topological polar surface area (TPSA) is 65.1 Å². The average Bonchev–Trinajstić information content (AvgIpc) is 3.39. The maximum absolute atomic E-state index is 13.4. The zero-order valence-corrected chi connectivity index (χ0v) is 19.5. The highest BCUT2D eigenvalue weighted by Crippen LogP contribution is 2.34. The average molecular weight is 483 g/mol. The normalized spacial score (nSPS) is 16.2. The van der Waals surface area contributed by atoms with E-state index in [4.69, 9.17) is 0 Å². The molecule has 0 spiro atoms. The van der Waals surface area contributed by atoms with Gasteiger partial charge in [-0.3, -0.25) is 9.59 Å². The third-order valence-corrected chi connectivity index (χ3v) is 6.58. The molecule has 0 N–H and O–H groups in total. The monoisotopic (exact) mass is 483 g/mol. The fourth-order valence-corrected chi connectivity index (χ4v) is 4.74. The van der Waals surface area contributed by atoms with Gasteiger partial charge in [-0.2, -0.15) is 13.2 Å². The van der Waals surface area contributed by atoms with Gasteiger partial charge in [0.2, 0.25) is 0 Å². The number of aryl methyl sites for hydroxylation is 2. The molecule has 4 heterocycles. The van der Waals surface area contributed by atoms with Crippen molar-refractivity contribution in [1.82, 2.24) is 23.6 Å². The molecule has 1 atom stereocenters. The number of pyridine rings is 1. The van der Waals surface area contributed by atoms with Gasteiger partial charge in [-0.1, -0.05) is 0 Å². The van der Waals surface area contributed by atoms with Crippen LogP contribution in [0.5, 0.6) is 0 Å². The van der Waals surface area contributed by atoms with Gasteiger partial charge in [0, 0.05) is 49.0 Å². The van der Waals surface area contributed by atoms with Crippen LogP contribution in [0.1, 0.15) is 41.2 Å². The van der Waals surface area contributed by atoms with E-state index in [9.17, 15) is 22.8 Å². The molecule has 0 unspecified atom stereocenters. The lowest BCUT2D eigenvalue weighted by Crippen LogP contribution is -2.49. The Bertz CT molecular complexity index is 1510. The number of hydrogen-bond acceptors (Lipinski definition) is 3. The molecule has 1 aliphatic rings. The van der Waals surface area contributed by atoms with Gasteiger partial charge in [0.1, 0.15) is 11.4 Å². The number of carbonyl (C=O) groups is 1. The van der Waals surface area contributed by atoms with Crippen LogP contribution in [0, 0.1) is 6.92 Å². The summed E-state index contributed by atoms with van der Waals surface area (Å²) in [7, 11) is 0. The van der Waals surface area contributed by atoms with Crippen LogP contribution in [0.3, 0.4) is 0 Å². The molecular weight excluding hydrogens is 459 g/mol. The van der Waals surface area contributed by atoms with Crippen molar-refractivity contribution in [3.63, 3.8) is 0 Å². The summed E-state index contributed by atoms with van der Waals surface area (Å²) in [5.41, 5.74) is 1.72. The number of rotatable bonds is 4. The van der Waals surface area contributed by atoms with E-state index < -0.39 is 11.7 Å². The Morgan fingerprint density at radius 3 is 2.54 bits per heavy atom. The van der Waals surface area contributed by atoms with E-state index in [0.717, 1.165) is 17.8 Å². The van der Waals surface area contributed by atoms with Crippen molar-refractivity contribution in [1.29, 1.82) is 0 Å². The first-order valence-electron chi connectivity index (χ1n) is 11.3. The molecule has 0 aliphatic carbocycles. The van der Waals surface area contributed by atoms with Crippen LogP contribution in [0.15, 0.2) is 53.8 Å². The fraction of sp³-hybridized carbons (Fsp3) is 0.320. The van der Waals surface area contributed by atoms with Crippen LogP contribution >= 0.6 is 0 Å². The lowest BCUT2D eigenvalue weighted by atomic mass is 10.1. The molecule has 35 heavy (non-hydrogen) atoms. The van der Waals surface area contributed by atoms with Crippen molar-refractivity contribution in [2.75, 3.05) is 0 Å². The summed E-state index contributed by atoms with van der Waals surface area (Å²) in [4.78, 5) is 32.4. The quantitative estimate of drug-likeness (QED) is 0.433. The number of benzene rings is 1. The first-order chi connectivity index (χ1) is 16.6. The second kappa shape index (κ2) is 8.14. The molecule has 0 saturated carbocycles. The molecule has 10 heteroatoms. The molecular formula is C25H24F3N5O2. The van der Waals surface area contributed by atoms with Crippen LogP contribution in [-0.4, -0.2) is 35.5 Å². The highest BCUT2D eigenvalue weighted by Gasteiger charge is 2.33. The molecule has 182 valence electrons. The van der Waals surface area contributed by atoms with E-state index in [-0.39, 0.29) is 36.3 Å². The lowest BCUT2D eigenvalue weighted by Gasteiger charge is -2.35. The van der Waals surface area contributed by atoms with E-state index in [1.165, 1.54) is 10.6 Å². The number of alkyl halides is 3. The summed E-state index contributed by atoms with van der Waals surface area (Å²) in [6, 6.07) is 6.58. The summed E-state index contributed by atoms with van der Waals surface area (Å²) < 4.78 is 45.1. The number of nitrogens with zero attached hydrogens (tertiary/aromatic N) is 5. The standard InChI is InChI=1S/C25H24F3N5O2/c1-4-30-12-17(19-9-18(25(26,27)28)5-6-20(19)30)13-32-16(3)11-33-22(24(32)35)8-7-21(23(33)34)31-10-15(2)29-14-31/h5-10,12,14,16H,4,11,13H2,1-3H3/t16-/m1/s1. The Labute approximate surface area is 199 Å². The zero-order valence-electron chi connectivity index (χ0n) is 19.5. The molecule has 1 aromatic carbocycles. The van der Waals surface area contributed by atoms with E-state index in [0.29, 0.717) is 28.7 Å². The predicted molar refractivity (Wildman–Crippen MR) is 125 cm³/mol. The van der Waals surface area contributed by atoms with Crippen LogP contribution in [0.25, 0.3) is 16.6 Å². The van der Waals surface area contributed by atoms with E-state index in [2.05, 4.69) is 4.98 Å². The number of hydrogen-bond donors (Lipinski definition) is 0. The number of fused-ring (bicyclic) bond motifs is 2. The van der Waals surface area contributed by atoms with E-state index >= 15 is 0 Å². The Balaban J connectivity index is 1.53. The molecule has 3 aromatic heterocycles. The van der Waals surface area contributed by atoms with Gasteiger partial charge in [-0.15, -0.1) is 0 Å². The molecule has 4 aromatic rings. The molecule has 5 rings (SSSR count). The molecule has 0 fully saturated rings. The molecule has 7 nitrogen and oxygen atoms in total. The van der Waals surface area contributed by atoms with Gasteiger partial charge in [0.25, 0.3) is 11.5 Å². The van der Waals surface area contributed by atoms with Gasteiger partial charge in [0.15, 0.2) is 0 Å². The van der Waals surface area contributed by atoms with Crippen molar-refractivity contribution in [2.45, 2.75) is 52.6 Å². The number of carbonyl (C=O) groups excluding carboxylic acids is 1. The highest BCUT2D eigenvalue weighted by atomic mass is 19.4. The minimum atomic E-state index is -4.46. The van der Waals surface area contributed by atoms with Crippen LogP contribution in [0.4, 0.5) is 13.2 Å². The first-order valence-corrected chi connectivity index (χ1v) is 11.3. The molecule has 0 bridgehead atoms. The van der Waals surface area contributed by atoms with Crippen molar-refractivity contribution in [3.8, 4) is 5.69 Å². The molecule has 0 radical (unpaired) electrons. The largest absolute Gasteiger partial charge is 0.416 e. The van der Waals surface area contributed by atoms with Crippen LogP contribution in [-0.2, 0) is 25.8 Å². The third-order valence-electron chi connectivity index (χ3n) is 6.58. The first kappa shape index (κ1) is 22.9. The molecule has 1 aliphatic heterocycles. The van der Waals surface area contributed by atoms with Crippen LogP contribution < -0.4 is 5.56 Å². The molecule has 1 amide bonds. The van der Waals surface area contributed by atoms with E-state index in [1.807, 2.05) is 25.3 Å². The maximum atomic E-state index is 13.4. The van der Waals surface area contributed by atoms with Crippen molar-refractivity contribution in [2.24, 2.45) is 0 Å². The summed E-state index contributed by atoms with van der Waals surface area (Å²) in [5, 5.41) is 0.468. The predicted octanol–water partition coefficient (Wildman–Crippen LogP) is 4.38. The highest BCUT2D eigenvalue weighted by molar-refractivity contribution is 5.94. The Hall–Kier alpha value is -3.82. The van der Waals surface area contributed by atoms with Gasteiger partial charge >= 0.3 is 6.18 Å². The number of halogens is 3. The third kappa shape index (κ3) is 3.82. The lowest BCUT2D eigenvalue weighted by molar-refractivity contribution is -0.137. The number of aromatic nitrogens is 4. The molecule has 0 saturated heterocycles. The SMILES string of the molecule is CCn1cc(CN2C(=O)c3ccc(-n4cnc(C)c4)c(=O)n3C[C@H]2C)c2cc(C(F)(F)F)ccc21. The van der Waals surface area contributed by atoms with Gasteiger partial charge in [-0.05, 0) is 56.7 Å². The Morgan fingerprint density at radius 1 is 1.11 bits per heavy atom. The second-order valence-electron chi connectivity index (χ2n) is 8.89. The summed E-state index contributed by atoms with van der Waals surface area (Å²) in [6.45, 7) is 6.57. The maximum Gasteiger partial charge on any atom is 0.416 e. The Kier molecular flexibility index (Phi) is 5.34. The smallest absolute Gasteiger partial charge is 0.347 e. The second-order valence-corrected chi connectivity index (χ2v) is 8.89. The number of imidazole rings is 1. The summed E-state index contributed by atoms with van der Waals surface area (Å²) >= 11 is 0.